The van der Waals surface area contributed by atoms with Gasteiger partial charge in [0, 0.05) is 18.3 Å². The van der Waals surface area contributed by atoms with Gasteiger partial charge in [-0.2, -0.15) is 10.6 Å². The highest BCUT2D eigenvalue weighted by atomic mass is 32.3. The first-order valence-electron chi connectivity index (χ1n) is 7.25. The predicted molar refractivity (Wildman–Crippen MR) is 101 cm³/mol. The summed E-state index contributed by atoms with van der Waals surface area (Å²) in [5, 5.41) is 8.60. The largest absolute Gasteiger partial charge is 0.400 e. The van der Waals surface area contributed by atoms with E-state index in [0.717, 1.165) is 23.8 Å². The van der Waals surface area contributed by atoms with Gasteiger partial charge in [0.25, 0.3) is 0 Å². The Morgan fingerprint density at radius 3 is 2.05 bits per heavy atom. The molecule has 0 fully saturated rings. The highest BCUT2D eigenvalue weighted by Gasteiger charge is 2.13. The van der Waals surface area contributed by atoms with Crippen LogP contribution in [0.15, 0.2) is 59.1 Å². The van der Waals surface area contributed by atoms with Crippen LogP contribution in [-0.4, -0.2) is 27.1 Å². The Bertz CT molecular complexity index is 441. The minimum absolute atomic E-state index is 0.247. The Kier molecular flexibility index (Phi) is 13.2. The molecular weight excluding hydrogens is 296 g/mol. The molecule has 22 heavy (non-hydrogen) atoms. The Labute approximate surface area is 137 Å². The van der Waals surface area contributed by atoms with Gasteiger partial charge in [-0.25, -0.2) is 0 Å². The maximum Gasteiger partial charge on any atom is 0.0441 e. The van der Waals surface area contributed by atoms with Crippen molar-refractivity contribution in [2.24, 2.45) is 5.92 Å². The second-order valence-electron chi connectivity index (χ2n) is 5.27. The smallest absolute Gasteiger partial charge is 0.0441 e. The van der Waals surface area contributed by atoms with E-state index in [1.807, 2.05) is 58.9 Å². The summed E-state index contributed by atoms with van der Waals surface area (Å²) in [7, 11) is -1.68. The van der Waals surface area contributed by atoms with Gasteiger partial charge in [-0.3, -0.25) is 9.11 Å². The molecule has 128 valence electrons. The van der Waals surface area contributed by atoms with E-state index in [0.29, 0.717) is 5.75 Å². The Morgan fingerprint density at radius 2 is 1.64 bits per heavy atom. The zero-order chi connectivity index (χ0) is 17.8. The summed E-state index contributed by atoms with van der Waals surface area (Å²) >= 11 is 0. The highest BCUT2D eigenvalue weighted by molar-refractivity contribution is 8.26. The van der Waals surface area contributed by atoms with Crippen LogP contribution >= 0.6 is 10.6 Å². The molecule has 0 bridgehead atoms. The minimum Gasteiger partial charge on any atom is -0.400 e. The molecule has 0 unspecified atom stereocenters. The number of rotatable bonds is 7. The maximum absolute atomic E-state index is 10.1. The fourth-order valence-corrected chi connectivity index (χ4v) is 3.69. The van der Waals surface area contributed by atoms with E-state index >= 15 is 0 Å². The highest BCUT2D eigenvalue weighted by Crippen LogP contribution is 2.44. The molecule has 0 atom stereocenters. The fourth-order valence-electron chi connectivity index (χ4n) is 1.92. The molecule has 0 radical (unpaired) electrons. The SMILES string of the molecule is C=C\C=C(C)/C(=C/C=C\C)C(/C)=C/S(O)(O)CC(C)C.CO. The first-order chi connectivity index (χ1) is 10.2. The predicted octanol–water partition coefficient (Wildman–Crippen LogP) is 5.54. The van der Waals surface area contributed by atoms with Gasteiger partial charge >= 0.3 is 0 Å². The summed E-state index contributed by atoms with van der Waals surface area (Å²) in [5.74, 6) is 0.641. The Balaban J connectivity index is 0. The molecule has 0 amide bonds. The standard InChI is InChI=1S/C17H28O2S.CH4O/c1-7-9-11-17(15(5)10-8-2)16(6)13-20(18,19)12-14(3)4;1-2/h7-11,13-14,18-19H,2,12H2,1,3-6H3;2H,1H3/b9-7-,15-10-,16-13+,17-11-;. The lowest BCUT2D eigenvalue weighted by Gasteiger charge is -2.31. The number of hydrogen-bond acceptors (Lipinski definition) is 3. The van der Waals surface area contributed by atoms with Gasteiger partial charge in [-0.1, -0.05) is 50.8 Å². The average molecular weight is 329 g/mol. The summed E-state index contributed by atoms with van der Waals surface area (Å²) in [6, 6.07) is 0. The van der Waals surface area contributed by atoms with Gasteiger partial charge in [0.2, 0.25) is 0 Å². The summed E-state index contributed by atoms with van der Waals surface area (Å²) in [6.07, 6.45) is 9.52. The number of allylic oxidation sites excluding steroid dienone is 8. The molecule has 0 saturated heterocycles. The molecule has 3 N–H and O–H groups in total. The second kappa shape index (κ2) is 12.5. The quantitative estimate of drug-likeness (QED) is 0.538. The van der Waals surface area contributed by atoms with Crippen LogP contribution in [0.2, 0.25) is 0 Å². The van der Waals surface area contributed by atoms with E-state index in [2.05, 4.69) is 6.58 Å². The lowest BCUT2D eigenvalue weighted by Crippen LogP contribution is -2.06. The third-order valence-electron chi connectivity index (χ3n) is 2.62. The monoisotopic (exact) mass is 328 g/mol. The van der Waals surface area contributed by atoms with Crippen LogP contribution in [0.25, 0.3) is 0 Å². The van der Waals surface area contributed by atoms with Crippen molar-refractivity contribution in [1.82, 2.24) is 0 Å². The Morgan fingerprint density at radius 1 is 1.09 bits per heavy atom. The molecule has 3 nitrogen and oxygen atoms in total. The van der Waals surface area contributed by atoms with Gasteiger partial charge in [-0.15, -0.1) is 0 Å². The molecule has 4 heteroatoms. The molecule has 0 aliphatic carbocycles. The van der Waals surface area contributed by atoms with Gasteiger partial charge in [-0.05, 0) is 43.4 Å². The normalized spacial score (nSPS) is 14.9. The van der Waals surface area contributed by atoms with Gasteiger partial charge in [0.15, 0.2) is 0 Å². The Hall–Kier alpha value is -1.07. The van der Waals surface area contributed by atoms with Gasteiger partial charge in [0.05, 0.1) is 0 Å². The molecule has 0 aliphatic heterocycles. The third kappa shape index (κ3) is 10.6. The van der Waals surface area contributed by atoms with Crippen molar-refractivity contribution in [1.29, 1.82) is 0 Å². The minimum atomic E-state index is -2.68. The molecule has 0 aromatic carbocycles. The summed E-state index contributed by atoms with van der Waals surface area (Å²) in [5.41, 5.74) is 2.91. The number of aliphatic hydroxyl groups excluding tert-OH is 1. The van der Waals surface area contributed by atoms with Crippen molar-refractivity contribution in [3.05, 3.63) is 59.1 Å². The maximum atomic E-state index is 10.1. The zero-order valence-electron chi connectivity index (χ0n) is 14.7. The molecular formula is C18H32O3S. The second-order valence-corrected chi connectivity index (χ2v) is 7.27. The molecule has 0 aromatic heterocycles. The van der Waals surface area contributed by atoms with Crippen molar-refractivity contribution < 1.29 is 14.2 Å². The lowest BCUT2D eigenvalue weighted by molar-refractivity contribution is 0.399. The van der Waals surface area contributed by atoms with E-state index in [-0.39, 0.29) is 5.92 Å². The third-order valence-corrected chi connectivity index (χ3v) is 4.51. The topological polar surface area (TPSA) is 60.7 Å². The number of aliphatic hydroxyl groups is 1. The fraction of sp³-hybridized carbons (Fsp3) is 0.444. The summed E-state index contributed by atoms with van der Waals surface area (Å²) < 4.78 is 20.2. The van der Waals surface area contributed by atoms with E-state index in [4.69, 9.17) is 5.11 Å². The van der Waals surface area contributed by atoms with E-state index in [1.165, 1.54) is 0 Å². The van der Waals surface area contributed by atoms with Crippen molar-refractivity contribution in [3.63, 3.8) is 0 Å². The lowest BCUT2D eigenvalue weighted by atomic mass is 10.0. The van der Waals surface area contributed by atoms with Crippen LogP contribution in [-0.2, 0) is 0 Å². The van der Waals surface area contributed by atoms with E-state index < -0.39 is 10.6 Å². The average Bonchev–Trinajstić information content (AvgIpc) is 2.39. The van der Waals surface area contributed by atoms with Gasteiger partial charge < -0.3 is 5.11 Å². The first kappa shape index (κ1) is 23.2. The number of hydrogen-bond donors (Lipinski definition) is 3. The van der Waals surface area contributed by atoms with Crippen molar-refractivity contribution >= 4 is 10.6 Å². The van der Waals surface area contributed by atoms with Crippen LogP contribution < -0.4 is 0 Å². The molecule has 0 rings (SSSR count). The van der Waals surface area contributed by atoms with Crippen LogP contribution in [0.1, 0.15) is 34.6 Å². The zero-order valence-corrected chi connectivity index (χ0v) is 15.5. The summed E-state index contributed by atoms with van der Waals surface area (Å²) in [4.78, 5) is 0. The molecule has 0 heterocycles. The van der Waals surface area contributed by atoms with Crippen LogP contribution in [0.5, 0.6) is 0 Å². The van der Waals surface area contributed by atoms with Crippen molar-refractivity contribution in [3.8, 4) is 0 Å². The van der Waals surface area contributed by atoms with Crippen molar-refractivity contribution in [2.75, 3.05) is 12.9 Å². The van der Waals surface area contributed by atoms with Crippen LogP contribution in [0, 0.1) is 5.92 Å². The molecule has 0 spiro atoms. The molecule has 0 aromatic rings. The summed E-state index contributed by atoms with van der Waals surface area (Å²) in [6.45, 7) is 13.5. The molecule has 0 saturated carbocycles. The molecule has 0 aliphatic rings. The van der Waals surface area contributed by atoms with Crippen LogP contribution in [0.3, 0.4) is 0 Å². The van der Waals surface area contributed by atoms with E-state index in [9.17, 15) is 9.11 Å². The first-order valence-corrected chi connectivity index (χ1v) is 9.03. The van der Waals surface area contributed by atoms with Crippen molar-refractivity contribution in [2.45, 2.75) is 34.6 Å². The van der Waals surface area contributed by atoms with E-state index in [1.54, 1.807) is 11.5 Å². The van der Waals surface area contributed by atoms with Gasteiger partial charge in [0.1, 0.15) is 0 Å². The van der Waals surface area contributed by atoms with Crippen LogP contribution in [0.4, 0.5) is 0 Å².